The summed E-state index contributed by atoms with van der Waals surface area (Å²) in [5, 5.41) is 0. The van der Waals surface area contributed by atoms with Gasteiger partial charge in [0, 0.05) is 44.0 Å². The Labute approximate surface area is 156 Å². The van der Waals surface area contributed by atoms with Crippen LogP contribution in [0.2, 0.25) is 0 Å². The van der Waals surface area contributed by atoms with Crippen LogP contribution in [0.4, 0.5) is 0 Å². The lowest BCUT2D eigenvalue weighted by atomic mass is 9.79. The van der Waals surface area contributed by atoms with E-state index in [1.165, 1.54) is 5.56 Å². The third-order valence-electron chi connectivity index (χ3n) is 5.76. The van der Waals surface area contributed by atoms with Gasteiger partial charge in [-0.3, -0.25) is 4.98 Å². The Kier molecular flexibility index (Phi) is 5.63. The van der Waals surface area contributed by atoms with Gasteiger partial charge in [0.05, 0.1) is 19.3 Å². The second kappa shape index (κ2) is 8.30. The molecule has 1 atom stereocenters. The van der Waals surface area contributed by atoms with Gasteiger partial charge in [0.1, 0.15) is 0 Å². The normalized spacial score (nSPS) is 24.8. The molecule has 4 rings (SSSR count). The van der Waals surface area contributed by atoms with Gasteiger partial charge in [-0.1, -0.05) is 36.4 Å². The minimum atomic E-state index is 0.157. The van der Waals surface area contributed by atoms with E-state index in [2.05, 4.69) is 46.3 Å². The van der Waals surface area contributed by atoms with E-state index in [0.717, 1.165) is 57.7 Å². The molecule has 0 aliphatic carbocycles. The fourth-order valence-corrected chi connectivity index (χ4v) is 4.20. The van der Waals surface area contributed by atoms with Crippen LogP contribution in [-0.2, 0) is 21.5 Å². The fourth-order valence-electron chi connectivity index (χ4n) is 4.20. The van der Waals surface area contributed by atoms with Gasteiger partial charge in [-0.2, -0.15) is 0 Å². The van der Waals surface area contributed by atoms with Crippen LogP contribution in [0.3, 0.4) is 0 Å². The monoisotopic (exact) mass is 352 g/mol. The zero-order valence-corrected chi connectivity index (χ0v) is 15.3. The minimum Gasteiger partial charge on any atom is -0.380 e. The van der Waals surface area contributed by atoms with E-state index in [9.17, 15) is 0 Å². The Morgan fingerprint density at radius 2 is 1.96 bits per heavy atom. The average Bonchev–Trinajstić information content (AvgIpc) is 3.19. The molecule has 26 heavy (non-hydrogen) atoms. The second-order valence-corrected chi connectivity index (χ2v) is 7.60. The molecule has 0 amide bonds. The molecule has 0 saturated carbocycles. The van der Waals surface area contributed by atoms with Gasteiger partial charge in [0.15, 0.2) is 0 Å². The molecule has 2 aliphatic rings. The van der Waals surface area contributed by atoms with Crippen molar-refractivity contribution in [2.45, 2.75) is 37.4 Å². The molecule has 1 aromatic heterocycles. The molecule has 2 aliphatic heterocycles. The van der Waals surface area contributed by atoms with Crippen molar-refractivity contribution in [1.82, 2.24) is 9.88 Å². The SMILES string of the molecule is c1ccc([C@]2(CN3CCC(OCc4cccnc4)CC3)CCOC2)cc1. The Hall–Kier alpha value is -1.75. The molecular weight excluding hydrogens is 324 g/mol. The summed E-state index contributed by atoms with van der Waals surface area (Å²) in [6, 6.07) is 15.0. The third kappa shape index (κ3) is 4.14. The van der Waals surface area contributed by atoms with Gasteiger partial charge in [-0.25, -0.2) is 0 Å². The lowest BCUT2D eigenvalue weighted by Crippen LogP contribution is -2.46. The molecule has 0 N–H and O–H groups in total. The van der Waals surface area contributed by atoms with Gasteiger partial charge < -0.3 is 14.4 Å². The van der Waals surface area contributed by atoms with Crippen LogP contribution in [0.25, 0.3) is 0 Å². The molecular formula is C22H28N2O2. The Morgan fingerprint density at radius 3 is 2.65 bits per heavy atom. The van der Waals surface area contributed by atoms with E-state index >= 15 is 0 Å². The number of ether oxygens (including phenoxy) is 2. The number of hydrogen-bond acceptors (Lipinski definition) is 4. The maximum absolute atomic E-state index is 6.11. The van der Waals surface area contributed by atoms with Crippen molar-refractivity contribution in [3.05, 3.63) is 66.0 Å². The van der Waals surface area contributed by atoms with Crippen LogP contribution >= 0.6 is 0 Å². The predicted molar refractivity (Wildman–Crippen MR) is 102 cm³/mol. The summed E-state index contributed by atoms with van der Waals surface area (Å²) in [6.07, 6.45) is 7.38. The lowest BCUT2D eigenvalue weighted by molar-refractivity contribution is -0.00700. The smallest absolute Gasteiger partial charge is 0.0735 e. The molecule has 1 aromatic carbocycles. The predicted octanol–water partition coefficient (Wildman–Crippen LogP) is 3.42. The number of rotatable bonds is 6. The zero-order valence-electron chi connectivity index (χ0n) is 15.3. The number of pyridine rings is 1. The zero-order chi connectivity index (χ0) is 17.7. The van der Waals surface area contributed by atoms with Crippen molar-refractivity contribution in [2.24, 2.45) is 0 Å². The Morgan fingerprint density at radius 1 is 1.12 bits per heavy atom. The van der Waals surface area contributed by atoms with E-state index < -0.39 is 0 Å². The molecule has 2 saturated heterocycles. The Balaban J connectivity index is 1.30. The van der Waals surface area contributed by atoms with Crippen molar-refractivity contribution in [3.8, 4) is 0 Å². The van der Waals surface area contributed by atoms with Gasteiger partial charge in [-0.15, -0.1) is 0 Å². The maximum atomic E-state index is 6.11. The Bertz CT molecular complexity index is 663. The molecule has 0 spiro atoms. The summed E-state index contributed by atoms with van der Waals surface area (Å²) in [6.45, 7) is 5.68. The quantitative estimate of drug-likeness (QED) is 0.798. The van der Waals surface area contributed by atoms with Gasteiger partial charge >= 0.3 is 0 Å². The van der Waals surface area contributed by atoms with Crippen LogP contribution in [0.1, 0.15) is 30.4 Å². The molecule has 138 valence electrons. The first kappa shape index (κ1) is 17.7. The standard InChI is InChI=1S/C22H28N2O2/c1-2-6-20(7-3-1)22(10-14-25-18-22)17-24-12-8-21(9-13-24)26-16-19-5-4-11-23-15-19/h1-7,11,15,21H,8-10,12-14,16-18H2/t22-/m0/s1. The summed E-state index contributed by atoms with van der Waals surface area (Å²) in [7, 11) is 0. The highest BCUT2D eigenvalue weighted by Gasteiger charge is 2.38. The number of piperidine rings is 1. The molecule has 0 unspecified atom stereocenters. The summed E-state index contributed by atoms with van der Waals surface area (Å²) < 4.78 is 11.9. The highest BCUT2D eigenvalue weighted by atomic mass is 16.5. The summed E-state index contributed by atoms with van der Waals surface area (Å²) in [5.74, 6) is 0. The number of nitrogens with zero attached hydrogens (tertiary/aromatic N) is 2. The van der Waals surface area contributed by atoms with Crippen molar-refractivity contribution >= 4 is 0 Å². The van der Waals surface area contributed by atoms with Crippen LogP contribution in [0, 0.1) is 0 Å². The molecule has 0 radical (unpaired) electrons. The molecule has 4 nitrogen and oxygen atoms in total. The largest absolute Gasteiger partial charge is 0.380 e. The summed E-state index contributed by atoms with van der Waals surface area (Å²) in [4.78, 5) is 6.76. The first-order valence-corrected chi connectivity index (χ1v) is 9.70. The topological polar surface area (TPSA) is 34.6 Å². The summed E-state index contributed by atoms with van der Waals surface area (Å²) >= 11 is 0. The molecule has 3 heterocycles. The van der Waals surface area contributed by atoms with Crippen LogP contribution in [0.15, 0.2) is 54.9 Å². The van der Waals surface area contributed by atoms with Crippen LogP contribution < -0.4 is 0 Å². The van der Waals surface area contributed by atoms with Crippen LogP contribution in [-0.4, -0.2) is 48.8 Å². The fraction of sp³-hybridized carbons (Fsp3) is 0.500. The van der Waals surface area contributed by atoms with Gasteiger partial charge in [0.2, 0.25) is 0 Å². The van der Waals surface area contributed by atoms with E-state index in [0.29, 0.717) is 12.7 Å². The highest BCUT2D eigenvalue weighted by molar-refractivity contribution is 5.27. The van der Waals surface area contributed by atoms with Gasteiger partial charge in [-0.05, 0) is 36.5 Å². The minimum absolute atomic E-state index is 0.157. The molecule has 2 aromatic rings. The van der Waals surface area contributed by atoms with Crippen molar-refractivity contribution < 1.29 is 9.47 Å². The number of aromatic nitrogens is 1. The van der Waals surface area contributed by atoms with E-state index in [-0.39, 0.29) is 5.41 Å². The third-order valence-corrected chi connectivity index (χ3v) is 5.76. The average molecular weight is 352 g/mol. The number of benzene rings is 1. The number of hydrogen-bond donors (Lipinski definition) is 0. The molecule has 4 heteroatoms. The molecule has 0 bridgehead atoms. The number of likely N-dealkylation sites (tertiary alicyclic amines) is 1. The maximum Gasteiger partial charge on any atom is 0.0735 e. The summed E-state index contributed by atoms with van der Waals surface area (Å²) in [5.41, 5.74) is 2.73. The van der Waals surface area contributed by atoms with Gasteiger partial charge in [0.25, 0.3) is 0 Å². The first-order valence-electron chi connectivity index (χ1n) is 9.70. The van der Waals surface area contributed by atoms with E-state index in [1.54, 1.807) is 6.20 Å². The van der Waals surface area contributed by atoms with Crippen LogP contribution in [0.5, 0.6) is 0 Å². The second-order valence-electron chi connectivity index (χ2n) is 7.60. The van der Waals surface area contributed by atoms with E-state index in [1.807, 2.05) is 12.3 Å². The van der Waals surface area contributed by atoms with Crippen molar-refractivity contribution in [1.29, 1.82) is 0 Å². The molecule has 2 fully saturated rings. The first-order chi connectivity index (χ1) is 12.8. The van der Waals surface area contributed by atoms with Crippen molar-refractivity contribution in [2.75, 3.05) is 32.8 Å². The lowest BCUT2D eigenvalue weighted by Gasteiger charge is -2.38. The highest BCUT2D eigenvalue weighted by Crippen LogP contribution is 2.35. The van der Waals surface area contributed by atoms with E-state index in [4.69, 9.17) is 9.47 Å². The van der Waals surface area contributed by atoms with Crippen molar-refractivity contribution in [3.63, 3.8) is 0 Å².